The van der Waals surface area contributed by atoms with Crippen LogP contribution in [0.4, 0.5) is 0 Å². The van der Waals surface area contributed by atoms with Gasteiger partial charge in [0.05, 0.1) is 25.1 Å². The zero-order valence-electron chi connectivity index (χ0n) is 51.1. The van der Waals surface area contributed by atoms with E-state index >= 15 is 0 Å². The van der Waals surface area contributed by atoms with E-state index in [-0.39, 0.29) is 56.4 Å². The normalized spacial score (nSPS) is 26.6. The van der Waals surface area contributed by atoms with Gasteiger partial charge in [-0.25, -0.2) is 0 Å². The van der Waals surface area contributed by atoms with Gasteiger partial charge in [-0.1, -0.05) is 212 Å². The molecule has 2 aromatic carbocycles. The Labute approximate surface area is 481 Å². The lowest BCUT2D eigenvalue weighted by Crippen LogP contribution is -2.66. The van der Waals surface area contributed by atoms with Crippen molar-refractivity contribution in [3.8, 4) is 0 Å². The van der Waals surface area contributed by atoms with Crippen molar-refractivity contribution in [3.63, 3.8) is 0 Å². The van der Waals surface area contributed by atoms with E-state index in [4.69, 9.17) is 9.47 Å². The van der Waals surface area contributed by atoms with Gasteiger partial charge in [-0.3, -0.25) is 14.4 Å². The minimum Gasteiger partial charge on any atom is -0.463 e. The Bertz CT molecular complexity index is 2140. The first-order valence-corrected chi connectivity index (χ1v) is 34.1. The second-order valence-corrected chi connectivity index (χ2v) is 31.3. The molecule has 12 atom stereocenters. The summed E-state index contributed by atoms with van der Waals surface area (Å²) in [6.07, 6.45) is 33.3. The summed E-state index contributed by atoms with van der Waals surface area (Å²) in [6, 6.07) is 19.2. The highest BCUT2D eigenvalue weighted by molar-refractivity contribution is 6.98. The summed E-state index contributed by atoms with van der Waals surface area (Å²) in [5.41, 5.74) is 0.805. The zero-order valence-corrected chi connectivity index (χ0v) is 52.1. The second-order valence-electron chi connectivity index (χ2n) is 27.4. The monoisotopic (exact) mass is 1110 g/mol. The number of carbonyl (C=O) groups is 4. The van der Waals surface area contributed by atoms with E-state index in [1.165, 1.54) is 109 Å². The molecular weight excluding hydrogens is 997 g/mol. The number of rotatable bonds is 34. The number of hydrogen-bond donors (Lipinski definition) is 3. The van der Waals surface area contributed by atoms with Crippen molar-refractivity contribution < 1.29 is 33.4 Å². The molecule has 3 N–H and O–H groups in total. The van der Waals surface area contributed by atoms with E-state index in [2.05, 4.69) is 85.1 Å². The molecule has 6 unspecified atom stereocenters. The van der Waals surface area contributed by atoms with Gasteiger partial charge < -0.3 is 29.7 Å². The largest absolute Gasteiger partial charge is 0.463 e. The maximum atomic E-state index is 14.1. The molecule has 0 aromatic heterocycles. The molecule has 4 fully saturated rings. The SMILES string of the molecule is CCCCCCCCCCCC(C)/C=C/[C@@H](CC(C)(C)[Si](O)(c1ccccc1)c1ccccc1)[C@H](COC(=O)CCC=O)NC(=O)CNC(=O)CO[C@H]1CC[C@@]2(C)C(CCC3C2CC[C@@]2(C)C3CC[C@@H]2C(C)CCCC(C)C)C1. The molecule has 10 heteroatoms. The molecule has 0 heterocycles. The van der Waals surface area contributed by atoms with Gasteiger partial charge in [0.1, 0.15) is 19.5 Å². The van der Waals surface area contributed by atoms with Crippen LogP contribution in [0.25, 0.3) is 0 Å². The molecule has 9 nitrogen and oxygen atoms in total. The summed E-state index contributed by atoms with van der Waals surface area (Å²) in [5, 5.41) is 7.12. The number of allylic oxidation sites excluding steroid dienone is 1. The van der Waals surface area contributed by atoms with Gasteiger partial charge in [0.2, 0.25) is 11.8 Å². The van der Waals surface area contributed by atoms with Crippen molar-refractivity contribution in [2.24, 2.45) is 64.1 Å². The molecule has 0 saturated heterocycles. The Kier molecular flexibility index (Phi) is 25.5. The van der Waals surface area contributed by atoms with Crippen LogP contribution in [0.1, 0.15) is 223 Å². The van der Waals surface area contributed by atoms with E-state index in [0.29, 0.717) is 29.5 Å². The van der Waals surface area contributed by atoms with Crippen LogP contribution in [0.15, 0.2) is 72.8 Å². The van der Waals surface area contributed by atoms with E-state index in [1.807, 2.05) is 60.7 Å². The summed E-state index contributed by atoms with van der Waals surface area (Å²) >= 11 is 0. The van der Waals surface area contributed by atoms with Crippen LogP contribution in [0.3, 0.4) is 0 Å². The average Bonchev–Trinajstić information content (AvgIpc) is 4.10. The van der Waals surface area contributed by atoms with Crippen molar-refractivity contribution >= 4 is 42.8 Å². The van der Waals surface area contributed by atoms with Gasteiger partial charge in [0.25, 0.3) is 8.32 Å². The molecule has 0 radical (unpaired) electrons. The van der Waals surface area contributed by atoms with Gasteiger partial charge in [-0.2, -0.15) is 0 Å². The maximum Gasteiger partial charge on any atom is 0.306 e. The third-order valence-corrected chi connectivity index (χ3v) is 25.5. The van der Waals surface area contributed by atoms with E-state index in [9.17, 15) is 24.0 Å². The van der Waals surface area contributed by atoms with Gasteiger partial charge in [0, 0.05) is 12.3 Å². The predicted octanol–water partition coefficient (Wildman–Crippen LogP) is 14.3. The number of esters is 1. The van der Waals surface area contributed by atoms with Gasteiger partial charge in [-0.15, -0.1) is 0 Å². The molecular formula is C69H110N2O7Si. The van der Waals surface area contributed by atoms with Crippen LogP contribution in [-0.4, -0.2) is 69.1 Å². The fourth-order valence-electron chi connectivity index (χ4n) is 16.4. The highest BCUT2D eigenvalue weighted by atomic mass is 28.4. The first-order valence-electron chi connectivity index (χ1n) is 32.1. The van der Waals surface area contributed by atoms with Crippen molar-refractivity contribution in [3.05, 3.63) is 72.8 Å². The zero-order chi connectivity index (χ0) is 57.1. The highest BCUT2D eigenvalue weighted by Gasteiger charge is 2.61. The number of nitrogens with one attached hydrogen (secondary N) is 2. The van der Waals surface area contributed by atoms with Crippen LogP contribution in [0.5, 0.6) is 0 Å². The lowest BCUT2D eigenvalue weighted by Gasteiger charge is -2.61. The summed E-state index contributed by atoms with van der Waals surface area (Å²) in [7, 11) is -3.50. The second kappa shape index (κ2) is 31.2. The number of carbonyl (C=O) groups excluding carboxylic acids is 4. The fraction of sp³-hybridized carbons (Fsp3) is 0.739. The van der Waals surface area contributed by atoms with Gasteiger partial charge >= 0.3 is 5.97 Å². The molecule has 0 aliphatic heterocycles. The predicted molar refractivity (Wildman–Crippen MR) is 326 cm³/mol. The third kappa shape index (κ3) is 17.5. The quantitative estimate of drug-likeness (QED) is 0.0209. The summed E-state index contributed by atoms with van der Waals surface area (Å²) < 4.78 is 12.3. The topological polar surface area (TPSA) is 131 Å². The van der Waals surface area contributed by atoms with E-state index < -0.39 is 31.3 Å². The van der Waals surface area contributed by atoms with Crippen molar-refractivity contribution in [2.75, 3.05) is 19.8 Å². The average molecular weight is 1110 g/mol. The molecule has 0 bridgehead atoms. The minimum absolute atomic E-state index is 0.0245. The van der Waals surface area contributed by atoms with E-state index in [0.717, 1.165) is 78.0 Å². The van der Waals surface area contributed by atoms with Crippen molar-refractivity contribution in [1.29, 1.82) is 0 Å². The number of hydrogen-bond acceptors (Lipinski definition) is 7. The summed E-state index contributed by atoms with van der Waals surface area (Å²) in [4.78, 5) is 65.2. The standard InChI is InChI=1S/C69H110N2O7Si/c1-10-11-12-13-14-15-16-17-20-28-52(4)35-36-54(47-67(6,7)79(76,57-30-21-18-22-31-57)58-32-23-19-24-33-58)63(49-78-66(75)34-26-45-72)71-64(73)48-70-65(74)50-77-56-41-43-68(8)55(46-56)37-38-59-61-40-39-60(53(5)29-25-27-51(2)3)69(61,9)44-42-62(59)68/h18-19,21-24,30-33,35-36,45,51-56,59-63,76H,10-17,20,25-29,34,37-44,46-50H2,1-9H3,(H,70,74)(H,71,73)/b36-35+/t52?,53?,54-,55?,56-,59?,60+,61?,62?,63-,68-,69+/m0/s1. The molecule has 4 saturated carbocycles. The van der Waals surface area contributed by atoms with Crippen molar-refractivity contribution in [2.45, 2.75) is 240 Å². The van der Waals surface area contributed by atoms with Crippen LogP contribution in [0, 0.1) is 64.1 Å². The first kappa shape index (κ1) is 64.6. The molecule has 6 rings (SSSR count). The Morgan fingerprint density at radius 3 is 2.03 bits per heavy atom. The molecule has 2 amide bonds. The van der Waals surface area contributed by atoms with Gasteiger partial charge in [-0.05, 0) is 144 Å². The summed E-state index contributed by atoms with van der Waals surface area (Å²) in [6.45, 7) is 20.8. The Balaban J connectivity index is 1.09. The summed E-state index contributed by atoms with van der Waals surface area (Å²) in [5.74, 6) is 4.18. The fourth-order valence-corrected chi connectivity index (χ4v) is 20.2. The van der Waals surface area contributed by atoms with E-state index in [1.54, 1.807) is 0 Å². The number of ether oxygens (including phenoxy) is 2. The molecule has 2 aromatic rings. The van der Waals surface area contributed by atoms with Crippen LogP contribution in [-0.2, 0) is 28.7 Å². The number of fused-ring (bicyclic) bond motifs is 5. The Morgan fingerprint density at radius 1 is 0.747 bits per heavy atom. The van der Waals surface area contributed by atoms with Crippen molar-refractivity contribution in [1.82, 2.24) is 10.6 Å². The Hall–Kier alpha value is -3.60. The number of aldehydes is 1. The molecule has 4 aliphatic carbocycles. The molecule has 4 aliphatic rings. The van der Waals surface area contributed by atoms with Crippen LogP contribution >= 0.6 is 0 Å². The minimum atomic E-state index is -3.50. The lowest BCUT2D eigenvalue weighted by molar-refractivity contribution is -0.146. The van der Waals surface area contributed by atoms with Crippen LogP contribution in [0.2, 0.25) is 5.04 Å². The number of unbranched alkanes of at least 4 members (excludes halogenated alkanes) is 8. The first-order chi connectivity index (χ1) is 37.9. The molecule has 442 valence electrons. The molecule has 0 spiro atoms. The number of benzene rings is 2. The smallest absolute Gasteiger partial charge is 0.306 e. The molecule has 79 heavy (non-hydrogen) atoms. The lowest BCUT2D eigenvalue weighted by atomic mass is 9.44. The van der Waals surface area contributed by atoms with Gasteiger partial charge in [0.15, 0.2) is 0 Å². The van der Waals surface area contributed by atoms with Crippen LogP contribution < -0.4 is 21.0 Å². The third-order valence-electron chi connectivity index (χ3n) is 21.0. The maximum absolute atomic E-state index is 14.1. The Morgan fingerprint density at radius 2 is 1.38 bits per heavy atom. The number of amides is 2. The highest BCUT2D eigenvalue weighted by Crippen LogP contribution is 2.68.